The molecule has 1 amide bonds. The van der Waals surface area contributed by atoms with Crippen molar-refractivity contribution in [2.24, 2.45) is 0 Å². The van der Waals surface area contributed by atoms with Gasteiger partial charge in [-0.1, -0.05) is 253 Å². The van der Waals surface area contributed by atoms with Gasteiger partial charge in [-0.05, 0) is 77.0 Å². The molecule has 0 aliphatic rings. The minimum atomic E-state index is -4.61. The maximum absolute atomic E-state index is 13.0. The van der Waals surface area contributed by atoms with Crippen LogP contribution in [-0.4, -0.2) is 68.5 Å². The number of unbranched alkanes of at least 4 members (excludes halogenated alkanes) is 28. The number of nitrogens with one attached hydrogen (secondary N) is 1. The molecule has 8 nitrogen and oxygen atoms in total. The first-order chi connectivity index (χ1) is 34.5. The van der Waals surface area contributed by atoms with Gasteiger partial charge in [0, 0.05) is 6.42 Å². The topological polar surface area (TPSA) is 108 Å². The predicted molar refractivity (Wildman–Crippen MR) is 307 cm³/mol. The van der Waals surface area contributed by atoms with Crippen molar-refractivity contribution in [3.63, 3.8) is 0 Å². The van der Waals surface area contributed by atoms with Gasteiger partial charge in [0.2, 0.25) is 5.91 Å². The molecule has 0 rings (SSSR count). The van der Waals surface area contributed by atoms with E-state index >= 15 is 0 Å². The van der Waals surface area contributed by atoms with Crippen molar-refractivity contribution in [3.8, 4) is 0 Å². The van der Waals surface area contributed by atoms with E-state index in [-0.39, 0.29) is 12.5 Å². The normalized spacial score (nSPS) is 14.5. The molecular formula is C62H113N2O6P. The van der Waals surface area contributed by atoms with Gasteiger partial charge in [-0.15, -0.1) is 0 Å². The molecule has 0 aromatic rings. The molecule has 3 unspecified atom stereocenters. The minimum Gasteiger partial charge on any atom is -0.756 e. The summed E-state index contributed by atoms with van der Waals surface area (Å²) in [5, 5.41) is 13.9. The van der Waals surface area contributed by atoms with Gasteiger partial charge in [-0.3, -0.25) is 9.36 Å². The highest BCUT2D eigenvalue weighted by molar-refractivity contribution is 7.45. The number of nitrogens with zero attached hydrogens (tertiary/aromatic N) is 1. The highest BCUT2D eigenvalue weighted by Gasteiger charge is 2.23. The van der Waals surface area contributed by atoms with Crippen molar-refractivity contribution in [1.82, 2.24) is 5.32 Å². The summed E-state index contributed by atoms with van der Waals surface area (Å²) < 4.78 is 23.3. The van der Waals surface area contributed by atoms with E-state index in [1.807, 2.05) is 27.2 Å². The zero-order valence-electron chi connectivity index (χ0n) is 46.9. The van der Waals surface area contributed by atoms with Gasteiger partial charge in [0.25, 0.3) is 7.82 Å². The van der Waals surface area contributed by atoms with Crippen LogP contribution in [0.25, 0.3) is 0 Å². The van der Waals surface area contributed by atoms with Gasteiger partial charge in [0.15, 0.2) is 0 Å². The SMILES string of the molecule is CC/C=C\C/C=C\C/C=C\C/C=C\C/C=C\CCCCCCCCCCCCCCCC(=O)NC(COP(=O)([O-])OCC[N+](C)(C)C)C(O)/C=C/CC/C=C/CCCCCCCCCCCCCCCC. The van der Waals surface area contributed by atoms with E-state index in [1.54, 1.807) is 6.08 Å². The number of aliphatic hydroxyl groups is 1. The molecule has 0 aliphatic heterocycles. The third-order valence-electron chi connectivity index (χ3n) is 12.8. The number of rotatable bonds is 53. The second-order valence-electron chi connectivity index (χ2n) is 21.0. The number of amides is 1. The van der Waals surface area contributed by atoms with E-state index in [2.05, 4.69) is 92.1 Å². The van der Waals surface area contributed by atoms with Gasteiger partial charge in [0.1, 0.15) is 13.2 Å². The number of allylic oxidation sites excluding steroid dienone is 13. The summed E-state index contributed by atoms with van der Waals surface area (Å²) in [6, 6.07) is -0.909. The monoisotopic (exact) mass is 1010 g/mol. The Hall–Kier alpha value is -2.32. The highest BCUT2D eigenvalue weighted by Crippen LogP contribution is 2.38. The van der Waals surface area contributed by atoms with Crippen molar-refractivity contribution in [2.45, 2.75) is 264 Å². The fourth-order valence-corrected chi connectivity index (χ4v) is 8.98. The number of carbonyl (C=O) groups is 1. The van der Waals surface area contributed by atoms with Crippen LogP contribution in [0.4, 0.5) is 0 Å². The summed E-state index contributed by atoms with van der Waals surface area (Å²) in [4.78, 5) is 25.5. The second-order valence-corrected chi connectivity index (χ2v) is 22.4. The lowest BCUT2D eigenvalue weighted by Crippen LogP contribution is -2.45. The van der Waals surface area contributed by atoms with Crippen molar-refractivity contribution in [3.05, 3.63) is 85.1 Å². The molecule has 0 saturated carbocycles. The Balaban J connectivity index is 4.22. The van der Waals surface area contributed by atoms with Crippen LogP contribution in [0.1, 0.15) is 251 Å². The van der Waals surface area contributed by atoms with Crippen LogP contribution < -0.4 is 10.2 Å². The number of hydrogen-bond acceptors (Lipinski definition) is 6. The summed E-state index contributed by atoms with van der Waals surface area (Å²) in [5.74, 6) is -0.210. The van der Waals surface area contributed by atoms with E-state index in [4.69, 9.17) is 9.05 Å². The Kier molecular flexibility index (Phi) is 50.8. The smallest absolute Gasteiger partial charge is 0.268 e. The highest BCUT2D eigenvalue weighted by atomic mass is 31.2. The maximum Gasteiger partial charge on any atom is 0.268 e. The quantitative estimate of drug-likeness (QED) is 0.0272. The van der Waals surface area contributed by atoms with Gasteiger partial charge in [0.05, 0.1) is 39.9 Å². The molecule has 412 valence electrons. The second kappa shape index (κ2) is 52.5. The Labute approximate surface area is 439 Å². The molecule has 0 aliphatic carbocycles. The molecule has 0 aromatic carbocycles. The molecule has 0 bridgehead atoms. The fourth-order valence-electron chi connectivity index (χ4n) is 8.26. The largest absolute Gasteiger partial charge is 0.756 e. The van der Waals surface area contributed by atoms with E-state index in [0.717, 1.165) is 70.6 Å². The van der Waals surface area contributed by atoms with Crippen LogP contribution in [0.5, 0.6) is 0 Å². The average Bonchev–Trinajstić information content (AvgIpc) is 3.33. The van der Waals surface area contributed by atoms with E-state index in [1.165, 1.54) is 161 Å². The van der Waals surface area contributed by atoms with Crippen LogP contribution >= 0.6 is 7.82 Å². The van der Waals surface area contributed by atoms with Crippen molar-refractivity contribution in [1.29, 1.82) is 0 Å². The molecule has 0 saturated heterocycles. The Morgan fingerprint density at radius 2 is 0.873 bits per heavy atom. The number of likely N-dealkylation sites (N-methyl/N-ethyl adjacent to an activating group) is 1. The van der Waals surface area contributed by atoms with E-state index < -0.39 is 26.6 Å². The summed E-state index contributed by atoms with van der Waals surface area (Å²) in [6.45, 7) is 4.53. The lowest BCUT2D eigenvalue weighted by Gasteiger charge is -2.29. The third-order valence-corrected chi connectivity index (χ3v) is 13.8. The molecule has 0 fully saturated rings. The zero-order valence-corrected chi connectivity index (χ0v) is 47.8. The Morgan fingerprint density at radius 1 is 0.507 bits per heavy atom. The standard InChI is InChI=1S/C62H113N2O6P/c1-6-8-10-12-14-16-18-20-22-24-26-28-29-30-31-32-33-34-35-36-38-40-42-44-46-48-50-52-54-56-62(66)63-60(59-70-71(67,68)69-58-57-64(3,4)5)61(65)55-53-51-49-47-45-43-41-39-37-27-25-23-21-19-17-15-13-11-9-7-2/h8,10,14,16,20,22,26,28,30-31,45,47,53,55,60-61,65H,6-7,9,11-13,15,17-19,21,23-25,27,29,32-44,46,48-52,54,56-59H2,1-5H3,(H-,63,66,67,68)/b10-8-,16-14-,22-20-,28-26-,31-30-,47-45+,55-53+. The molecule has 9 heteroatoms. The number of phosphoric ester groups is 1. The first-order valence-corrected chi connectivity index (χ1v) is 30.9. The fraction of sp³-hybridized carbons (Fsp3) is 0.758. The molecule has 0 radical (unpaired) electrons. The van der Waals surface area contributed by atoms with Gasteiger partial charge >= 0.3 is 0 Å². The third kappa shape index (κ3) is 55.3. The van der Waals surface area contributed by atoms with Crippen LogP contribution in [0.15, 0.2) is 85.1 Å². The van der Waals surface area contributed by atoms with E-state index in [9.17, 15) is 19.4 Å². The number of phosphoric acid groups is 1. The Morgan fingerprint density at radius 3 is 1.31 bits per heavy atom. The number of aliphatic hydroxyl groups excluding tert-OH is 1. The number of carbonyl (C=O) groups excluding carboxylic acids is 1. The van der Waals surface area contributed by atoms with Crippen molar-refractivity contribution in [2.75, 3.05) is 40.9 Å². The summed E-state index contributed by atoms with van der Waals surface area (Å²) in [5.41, 5.74) is 0. The molecule has 2 N–H and O–H groups in total. The van der Waals surface area contributed by atoms with Gasteiger partial charge in [-0.2, -0.15) is 0 Å². The summed E-state index contributed by atoms with van der Waals surface area (Å²) >= 11 is 0. The summed E-state index contributed by atoms with van der Waals surface area (Å²) in [6.07, 6.45) is 73.8. The van der Waals surface area contributed by atoms with Gasteiger partial charge in [-0.25, -0.2) is 0 Å². The van der Waals surface area contributed by atoms with Gasteiger partial charge < -0.3 is 28.8 Å². The molecule has 3 atom stereocenters. The first kappa shape index (κ1) is 68.7. The molecular weight excluding hydrogens is 900 g/mol. The molecule has 0 aromatic heterocycles. The van der Waals surface area contributed by atoms with Crippen LogP contribution in [0, 0.1) is 0 Å². The van der Waals surface area contributed by atoms with Crippen LogP contribution in [0.2, 0.25) is 0 Å². The number of quaternary nitrogens is 1. The lowest BCUT2D eigenvalue weighted by molar-refractivity contribution is -0.870. The predicted octanol–water partition coefficient (Wildman–Crippen LogP) is 17.4. The summed E-state index contributed by atoms with van der Waals surface area (Å²) in [7, 11) is 1.24. The molecule has 0 heterocycles. The first-order valence-electron chi connectivity index (χ1n) is 29.4. The van der Waals surface area contributed by atoms with E-state index in [0.29, 0.717) is 17.4 Å². The van der Waals surface area contributed by atoms with Crippen LogP contribution in [-0.2, 0) is 18.4 Å². The Bertz CT molecular complexity index is 1430. The number of hydrogen-bond donors (Lipinski definition) is 2. The van der Waals surface area contributed by atoms with Crippen molar-refractivity contribution < 1.29 is 32.9 Å². The van der Waals surface area contributed by atoms with Crippen molar-refractivity contribution >= 4 is 13.7 Å². The molecule has 0 spiro atoms. The van der Waals surface area contributed by atoms with Crippen LogP contribution in [0.3, 0.4) is 0 Å². The lowest BCUT2D eigenvalue weighted by atomic mass is 10.0. The molecule has 71 heavy (non-hydrogen) atoms. The minimum absolute atomic E-state index is 0.00933. The maximum atomic E-state index is 13.0. The zero-order chi connectivity index (χ0) is 52.0. The average molecular weight is 1010 g/mol.